The molecule has 0 aliphatic heterocycles. The first kappa shape index (κ1) is 25.6. The van der Waals surface area contributed by atoms with Crippen molar-refractivity contribution in [3.8, 4) is 17.3 Å². The fraction of sp³-hybridized carbons (Fsp3) is 0.200. The van der Waals surface area contributed by atoms with Gasteiger partial charge in [0.1, 0.15) is 29.6 Å². The molecule has 0 amide bonds. The SMILES string of the molecule is Cc1nc2cc(F)c(-c3cnc(P(C)(C)=O)c(F)c3)nc2c(N[C@H](C)c2cc(C#N)ccc2F)c1Cl. The topological polar surface area (TPSA) is 91.6 Å². The van der Waals surface area contributed by atoms with Crippen LogP contribution in [0.5, 0.6) is 0 Å². The maximum absolute atomic E-state index is 15.1. The summed E-state index contributed by atoms with van der Waals surface area (Å²) in [7, 11) is -2.98. The molecule has 11 heteroatoms. The third kappa shape index (κ3) is 4.79. The van der Waals surface area contributed by atoms with Gasteiger partial charge in [0.2, 0.25) is 0 Å². The number of nitrogens with zero attached hydrogens (tertiary/aromatic N) is 4. The summed E-state index contributed by atoms with van der Waals surface area (Å²) >= 11 is 6.53. The van der Waals surface area contributed by atoms with Gasteiger partial charge in [0.25, 0.3) is 0 Å². The molecule has 1 atom stereocenters. The van der Waals surface area contributed by atoms with Crippen molar-refractivity contribution in [2.24, 2.45) is 0 Å². The van der Waals surface area contributed by atoms with E-state index < -0.39 is 30.6 Å². The molecule has 3 heterocycles. The van der Waals surface area contributed by atoms with E-state index in [2.05, 4.69) is 20.3 Å². The zero-order valence-electron chi connectivity index (χ0n) is 19.7. The maximum Gasteiger partial charge on any atom is 0.153 e. The van der Waals surface area contributed by atoms with Crippen molar-refractivity contribution in [3.05, 3.63) is 75.8 Å². The summed E-state index contributed by atoms with van der Waals surface area (Å²) < 4.78 is 56.5. The van der Waals surface area contributed by atoms with Gasteiger partial charge in [-0.25, -0.2) is 28.1 Å². The molecule has 36 heavy (non-hydrogen) atoms. The minimum Gasteiger partial charge on any atom is -0.375 e. The zero-order valence-corrected chi connectivity index (χ0v) is 21.3. The molecule has 0 radical (unpaired) electrons. The number of fused-ring (bicyclic) bond motifs is 1. The summed E-state index contributed by atoms with van der Waals surface area (Å²) in [6.45, 7) is 6.08. The van der Waals surface area contributed by atoms with Crippen LogP contribution in [0.4, 0.5) is 18.9 Å². The van der Waals surface area contributed by atoms with Crippen molar-refractivity contribution >= 4 is 40.9 Å². The minimum absolute atomic E-state index is 0.0348. The average Bonchev–Trinajstić information content (AvgIpc) is 2.81. The van der Waals surface area contributed by atoms with Crippen LogP contribution in [0.25, 0.3) is 22.3 Å². The van der Waals surface area contributed by atoms with Crippen LogP contribution < -0.4 is 10.8 Å². The van der Waals surface area contributed by atoms with Gasteiger partial charge < -0.3 is 9.88 Å². The van der Waals surface area contributed by atoms with Gasteiger partial charge in [-0.1, -0.05) is 11.6 Å². The molecule has 6 nitrogen and oxygen atoms in total. The third-order valence-electron chi connectivity index (χ3n) is 5.58. The smallest absolute Gasteiger partial charge is 0.153 e. The standard InChI is InChI=1S/C25H20ClF3N5OP/c1-12(16-7-14(10-30)5-6-17(16)27)33-24-21(26)13(2)32-20-9-18(28)22(34-23(20)24)15-8-19(29)25(31-11-15)36(3,4)35/h5-9,11-12H,1-4H3,(H,32,33)/t12-/m1/s1. The Hall–Kier alpha value is -3.47. The van der Waals surface area contributed by atoms with E-state index in [0.717, 1.165) is 12.1 Å². The lowest BCUT2D eigenvalue weighted by atomic mass is 10.0. The number of rotatable bonds is 5. The number of nitriles is 1. The molecule has 0 fully saturated rings. The Labute approximate surface area is 210 Å². The summed E-state index contributed by atoms with van der Waals surface area (Å²) in [5.74, 6) is -2.12. The number of aromatic nitrogens is 3. The van der Waals surface area contributed by atoms with E-state index in [1.54, 1.807) is 13.8 Å². The van der Waals surface area contributed by atoms with E-state index in [9.17, 15) is 18.6 Å². The summed E-state index contributed by atoms with van der Waals surface area (Å²) in [5, 5.41) is 12.5. The maximum atomic E-state index is 15.1. The van der Waals surface area contributed by atoms with Gasteiger partial charge in [-0.2, -0.15) is 5.26 Å². The highest BCUT2D eigenvalue weighted by Crippen LogP contribution is 2.38. The van der Waals surface area contributed by atoms with Gasteiger partial charge in [-0.05, 0) is 51.4 Å². The fourth-order valence-electron chi connectivity index (χ4n) is 3.79. The van der Waals surface area contributed by atoms with Crippen LogP contribution >= 0.6 is 18.7 Å². The zero-order chi connectivity index (χ0) is 26.4. The summed E-state index contributed by atoms with van der Waals surface area (Å²) in [6.07, 6.45) is 1.21. The second-order valence-electron chi connectivity index (χ2n) is 8.67. The molecule has 0 aliphatic carbocycles. The Balaban J connectivity index is 1.87. The Bertz CT molecular complexity index is 1620. The molecule has 0 bridgehead atoms. The monoisotopic (exact) mass is 529 g/mol. The Morgan fingerprint density at radius 3 is 2.44 bits per heavy atom. The van der Waals surface area contributed by atoms with E-state index in [-0.39, 0.29) is 49.6 Å². The molecular formula is C25H20ClF3N5OP. The second kappa shape index (κ2) is 9.53. The number of benzene rings is 1. The van der Waals surface area contributed by atoms with Crippen molar-refractivity contribution in [3.63, 3.8) is 0 Å². The first-order valence-corrected chi connectivity index (χ1v) is 13.7. The normalized spacial score (nSPS) is 12.4. The van der Waals surface area contributed by atoms with Gasteiger partial charge in [0.15, 0.2) is 11.6 Å². The predicted octanol–water partition coefficient (Wildman–Crippen LogP) is 6.36. The highest BCUT2D eigenvalue weighted by atomic mass is 35.5. The van der Waals surface area contributed by atoms with Gasteiger partial charge in [-0.3, -0.25) is 0 Å². The minimum atomic E-state index is -2.98. The molecule has 1 N–H and O–H groups in total. The summed E-state index contributed by atoms with van der Waals surface area (Å²) in [4.78, 5) is 12.6. The lowest BCUT2D eigenvalue weighted by Crippen LogP contribution is -2.13. The highest BCUT2D eigenvalue weighted by molar-refractivity contribution is 7.69. The molecule has 0 spiro atoms. The first-order chi connectivity index (χ1) is 16.9. The van der Waals surface area contributed by atoms with Crippen molar-refractivity contribution < 1.29 is 17.7 Å². The summed E-state index contributed by atoms with van der Waals surface area (Å²) in [5.41, 5.74) is 1.15. The molecule has 0 aliphatic rings. The molecule has 0 saturated heterocycles. The van der Waals surface area contributed by atoms with E-state index in [1.165, 1.54) is 37.7 Å². The number of anilines is 1. The molecule has 0 saturated carbocycles. The van der Waals surface area contributed by atoms with Crippen LogP contribution in [0.2, 0.25) is 5.02 Å². The van der Waals surface area contributed by atoms with E-state index in [0.29, 0.717) is 5.69 Å². The number of halogens is 4. The van der Waals surface area contributed by atoms with Crippen molar-refractivity contribution in [2.45, 2.75) is 19.9 Å². The quantitative estimate of drug-likeness (QED) is 0.302. The van der Waals surface area contributed by atoms with Gasteiger partial charge in [-0.15, -0.1) is 0 Å². The lowest BCUT2D eigenvalue weighted by molar-refractivity contribution is 0.583. The Kier molecular flexibility index (Phi) is 6.78. The van der Waals surface area contributed by atoms with Crippen LogP contribution in [0.3, 0.4) is 0 Å². The van der Waals surface area contributed by atoms with Crippen molar-refractivity contribution in [1.82, 2.24) is 15.0 Å². The van der Waals surface area contributed by atoms with Crippen LogP contribution in [-0.4, -0.2) is 28.3 Å². The Morgan fingerprint density at radius 1 is 1.08 bits per heavy atom. The predicted molar refractivity (Wildman–Crippen MR) is 135 cm³/mol. The van der Waals surface area contributed by atoms with Crippen LogP contribution in [0.15, 0.2) is 36.5 Å². The van der Waals surface area contributed by atoms with Crippen molar-refractivity contribution in [2.75, 3.05) is 18.6 Å². The molecule has 3 aromatic heterocycles. The second-order valence-corrected chi connectivity index (χ2v) is 12.2. The number of pyridine rings is 3. The van der Waals surface area contributed by atoms with Gasteiger partial charge in [0, 0.05) is 23.4 Å². The largest absolute Gasteiger partial charge is 0.375 e. The van der Waals surface area contributed by atoms with Gasteiger partial charge >= 0.3 is 0 Å². The van der Waals surface area contributed by atoms with Gasteiger partial charge in [0.05, 0.1) is 39.6 Å². The molecule has 1 aromatic carbocycles. The first-order valence-electron chi connectivity index (χ1n) is 10.7. The number of hydrogen-bond acceptors (Lipinski definition) is 6. The van der Waals surface area contributed by atoms with E-state index in [1.807, 2.05) is 6.07 Å². The highest BCUT2D eigenvalue weighted by Gasteiger charge is 2.23. The average molecular weight is 530 g/mol. The number of hydrogen-bond donors (Lipinski definition) is 1. The molecule has 0 unspecified atom stereocenters. The van der Waals surface area contributed by atoms with Crippen LogP contribution in [-0.2, 0) is 4.57 Å². The third-order valence-corrected chi connectivity index (χ3v) is 7.39. The molecule has 184 valence electrons. The Morgan fingerprint density at radius 2 is 1.81 bits per heavy atom. The van der Waals surface area contributed by atoms with E-state index in [4.69, 9.17) is 11.6 Å². The molecular weight excluding hydrogens is 510 g/mol. The fourth-order valence-corrected chi connectivity index (χ4v) is 4.89. The van der Waals surface area contributed by atoms with Crippen molar-refractivity contribution in [1.29, 1.82) is 5.26 Å². The molecule has 4 rings (SSSR count). The molecule has 4 aromatic rings. The summed E-state index contributed by atoms with van der Waals surface area (Å²) in [6, 6.07) is 7.48. The van der Waals surface area contributed by atoms with E-state index >= 15 is 4.39 Å². The number of aryl methyl sites for hydroxylation is 1. The number of nitrogens with one attached hydrogen (secondary N) is 1. The van der Waals surface area contributed by atoms with Crippen LogP contribution in [0, 0.1) is 35.7 Å². The lowest BCUT2D eigenvalue weighted by Gasteiger charge is -2.20. The van der Waals surface area contributed by atoms with Crippen LogP contribution in [0.1, 0.15) is 29.8 Å².